The van der Waals surface area contributed by atoms with Crippen LogP contribution in [0.4, 0.5) is 9.59 Å². The van der Waals surface area contributed by atoms with Gasteiger partial charge in [-0.15, -0.1) is 0 Å². The van der Waals surface area contributed by atoms with E-state index < -0.39 is 34.5 Å². The van der Waals surface area contributed by atoms with Crippen LogP contribution < -0.4 is 55.5 Å². The number of benzene rings is 3. The van der Waals surface area contributed by atoms with Gasteiger partial charge in [-0.2, -0.15) is 0 Å². The summed E-state index contributed by atoms with van der Waals surface area (Å²) in [6, 6.07) is 8.76. The number of nitrogens with zero attached hydrogens (tertiary/aromatic N) is 5. The number of halogens is 3. The minimum absolute atomic E-state index is 0.110. The van der Waals surface area contributed by atoms with E-state index in [2.05, 4.69) is 88.4 Å². The number of fused-ring (bicyclic) bond motifs is 3. The maximum Gasteiger partial charge on any atom is 0.410 e. The van der Waals surface area contributed by atoms with Crippen LogP contribution in [0.2, 0.25) is 0 Å². The first-order chi connectivity index (χ1) is 46.7. The molecule has 4 amide bonds. The number of carboxylic acids is 1. The number of rotatable bonds is 13. The first kappa shape index (κ1) is 76.8. The second-order valence-corrected chi connectivity index (χ2v) is 31.2. The second kappa shape index (κ2) is 30.7. The van der Waals surface area contributed by atoms with Gasteiger partial charge in [0.15, 0.2) is 34.5 Å². The highest BCUT2D eigenvalue weighted by Crippen LogP contribution is 2.51. The number of pyridine rings is 2. The Kier molecular flexibility index (Phi) is 23.5. The van der Waals surface area contributed by atoms with E-state index in [4.69, 9.17) is 37.9 Å². The lowest BCUT2D eigenvalue weighted by molar-refractivity contribution is -0.0904. The number of H-pyrrole nitrogens is 2. The monoisotopic (exact) mass is 1580 g/mol. The molecule has 0 radical (unpaired) electrons. The highest BCUT2D eigenvalue weighted by molar-refractivity contribution is 9.11. The molecular formula is C71H93Br3N10O16. The summed E-state index contributed by atoms with van der Waals surface area (Å²) in [6.45, 7) is 40.0. The van der Waals surface area contributed by atoms with Crippen LogP contribution >= 0.6 is 47.8 Å². The topological polar surface area (TPSA) is 297 Å². The van der Waals surface area contributed by atoms with E-state index in [1.807, 2.05) is 116 Å². The van der Waals surface area contributed by atoms with Gasteiger partial charge in [-0.1, -0.05) is 0 Å². The number of hydrogen-bond acceptors (Lipinski definition) is 19. The number of piperazine rings is 3. The van der Waals surface area contributed by atoms with Gasteiger partial charge in [-0.3, -0.25) is 33.9 Å². The van der Waals surface area contributed by atoms with Crippen LogP contribution in [-0.2, 0) is 22.6 Å². The number of hydrogen-bond donors (Lipinski definition) is 6. The summed E-state index contributed by atoms with van der Waals surface area (Å²) in [6.07, 6.45) is -0.605. The number of carboxylic acid groups (broad SMARTS) is 1. The summed E-state index contributed by atoms with van der Waals surface area (Å²) >= 11 is 10.5. The van der Waals surface area contributed by atoms with Gasteiger partial charge in [0.1, 0.15) is 11.2 Å². The molecule has 5 aromatic rings. The van der Waals surface area contributed by atoms with Gasteiger partial charge >= 0.3 is 18.2 Å². The second-order valence-electron chi connectivity index (χ2n) is 28.7. The molecule has 6 aliphatic heterocycles. The maximum atomic E-state index is 13.1. The number of amides is 4. The third-order valence-corrected chi connectivity index (χ3v) is 19.3. The number of aromatic nitrogens is 2. The largest absolute Gasteiger partial charge is 0.478 e. The lowest BCUT2D eigenvalue weighted by Crippen LogP contribution is -2.55. The third-order valence-electron chi connectivity index (χ3n) is 17.6. The molecule has 6 aliphatic rings. The summed E-state index contributed by atoms with van der Waals surface area (Å²) in [4.78, 5) is 102. The smallest absolute Gasteiger partial charge is 0.410 e. The van der Waals surface area contributed by atoms with Crippen molar-refractivity contribution >= 4 is 77.8 Å². The first-order valence-electron chi connectivity index (χ1n) is 33.4. The van der Waals surface area contributed by atoms with Crippen LogP contribution in [0.3, 0.4) is 0 Å². The van der Waals surface area contributed by atoms with Crippen LogP contribution in [0.25, 0.3) is 0 Å². The third kappa shape index (κ3) is 18.6. The fourth-order valence-corrected chi connectivity index (χ4v) is 14.1. The van der Waals surface area contributed by atoms with Crippen molar-refractivity contribution < 1.29 is 67.0 Å². The molecule has 0 bridgehead atoms. The number of carbonyl (C=O) groups is 5. The van der Waals surface area contributed by atoms with Crippen molar-refractivity contribution in [3.63, 3.8) is 0 Å². The SMILES string of the molecule is Cc1c(C(=O)O)cc(Br)c2c1OC(C)(CN1CCN(C(=O)OC(C)(C)C)CC1)O2.Cc1cc(C)c(CNC(=O)c2cc(Br)c3c(c2C)OC(C)(CN2CCN(C(=O)OC(C)(C)C)CC2)O3)c(=O)[nH]1.Cc1cc(C)c(CNC(=O)c2cc(Br)c3c(c2C)OC(C)(CN2CCNCC2)O3)c(=O)[nH]1. The number of aromatic carboxylic acids is 1. The Morgan fingerprint density at radius 1 is 0.480 bits per heavy atom. The van der Waals surface area contributed by atoms with Crippen molar-refractivity contribution in [3.05, 3.63) is 131 Å². The molecule has 3 fully saturated rings. The van der Waals surface area contributed by atoms with Crippen LogP contribution in [-0.4, -0.2) is 196 Å². The minimum atomic E-state index is -1.01. The lowest BCUT2D eigenvalue weighted by Gasteiger charge is -2.38. The number of carbonyl (C=O) groups excluding carboxylic acids is 4. The molecule has 8 heterocycles. The van der Waals surface area contributed by atoms with E-state index in [9.17, 15) is 38.7 Å². The number of aryl methyl sites for hydroxylation is 4. The highest BCUT2D eigenvalue weighted by atomic mass is 79.9. The molecule has 3 unspecified atom stereocenters. The predicted octanol–water partition coefficient (Wildman–Crippen LogP) is 9.91. The van der Waals surface area contributed by atoms with Gasteiger partial charge in [-0.25, -0.2) is 14.4 Å². The van der Waals surface area contributed by atoms with Crippen molar-refractivity contribution in [2.45, 2.75) is 152 Å². The van der Waals surface area contributed by atoms with Crippen molar-refractivity contribution in [2.24, 2.45) is 0 Å². The van der Waals surface area contributed by atoms with E-state index in [0.717, 1.165) is 48.7 Å². The molecule has 3 saturated heterocycles. The van der Waals surface area contributed by atoms with Crippen molar-refractivity contribution in [2.75, 3.05) is 98.2 Å². The standard InChI is InChI=1S/C28H37BrN4O6.C23H29BrN4O4.C20H27BrN2O6/c1-16-12-17(2)31-25(35)20(16)14-30-24(34)19-13-21(29)23-22(18(19)3)37-28(7,38-23)15-32-8-10-33(11-9-32)26(36)39-27(4,5)6;1-13-9-14(2)27-22(30)17(13)11-26-21(29)16-10-18(24)20-19(15(16)3)31-23(4,32-20)12-28-7-5-25-6-8-28;1-12-13(17(24)25)10-14(21)16-15(12)27-20(5,28-16)11-22-6-8-23(9-7-22)18(26)29-19(2,3)4/h12-13H,8-11,14-15H2,1-7H3,(H,30,34)(H,31,35);9-10,25H,5-8,11-12H2,1-4H3,(H,26,29)(H,27,30);10H,6-9,11H2,1-5H3,(H,24,25). The zero-order valence-corrected chi connectivity index (χ0v) is 64.6. The molecular weight excluding hydrogens is 1490 g/mol. The number of ether oxygens (including phenoxy) is 8. The molecule has 26 nitrogen and oxygen atoms in total. The average molecular weight is 1580 g/mol. The fraction of sp³-hybridized carbons (Fsp3) is 0.535. The Balaban J connectivity index is 0.000000177. The summed E-state index contributed by atoms with van der Waals surface area (Å²) in [5.74, 6) is -1.13. The average Bonchev–Trinajstić information content (AvgIpc) is 1.62. The molecule has 100 heavy (non-hydrogen) atoms. The highest BCUT2D eigenvalue weighted by Gasteiger charge is 2.46. The zero-order chi connectivity index (χ0) is 73.3. The molecule has 3 atom stereocenters. The number of nitrogens with one attached hydrogen (secondary N) is 5. The Morgan fingerprint density at radius 3 is 1.09 bits per heavy atom. The van der Waals surface area contributed by atoms with Crippen molar-refractivity contribution in [3.8, 4) is 34.5 Å². The molecule has 544 valence electrons. The quantitative estimate of drug-likeness (QED) is 0.0639. The number of aromatic amines is 2. The van der Waals surface area contributed by atoms with E-state index in [-0.39, 0.29) is 53.8 Å². The summed E-state index contributed by atoms with van der Waals surface area (Å²) in [5, 5.41) is 18.5. The van der Waals surface area contributed by atoms with Gasteiger partial charge in [0.2, 0.25) is 0 Å². The van der Waals surface area contributed by atoms with E-state index in [0.29, 0.717) is 159 Å². The Bertz CT molecular complexity index is 4090. The van der Waals surface area contributed by atoms with Crippen molar-refractivity contribution in [1.29, 1.82) is 0 Å². The van der Waals surface area contributed by atoms with Crippen LogP contribution in [0.5, 0.6) is 34.5 Å². The first-order valence-corrected chi connectivity index (χ1v) is 35.7. The van der Waals surface area contributed by atoms with Crippen LogP contribution in [0, 0.1) is 48.5 Å². The Morgan fingerprint density at radius 2 is 0.780 bits per heavy atom. The summed E-state index contributed by atoms with van der Waals surface area (Å²) in [5.41, 5.74) is 5.84. The molecule has 11 rings (SSSR count). The lowest BCUT2D eigenvalue weighted by atomic mass is 10.1. The van der Waals surface area contributed by atoms with E-state index in [1.54, 1.807) is 28.9 Å². The van der Waals surface area contributed by atoms with Crippen LogP contribution in [0.15, 0.2) is 53.3 Å². The van der Waals surface area contributed by atoms with Gasteiger partial charge in [-0.05, 0) is 179 Å². The zero-order valence-electron chi connectivity index (χ0n) is 59.8. The van der Waals surface area contributed by atoms with Gasteiger partial charge in [0.25, 0.3) is 40.3 Å². The summed E-state index contributed by atoms with van der Waals surface area (Å²) < 4.78 is 49.9. The van der Waals surface area contributed by atoms with E-state index >= 15 is 0 Å². The molecule has 0 aliphatic carbocycles. The van der Waals surface area contributed by atoms with Crippen LogP contribution in [0.1, 0.15) is 144 Å². The van der Waals surface area contributed by atoms with Gasteiger partial charge in [0, 0.05) is 163 Å². The molecule has 6 N–H and O–H groups in total. The normalized spacial score (nSPS) is 20.4. The minimum Gasteiger partial charge on any atom is -0.478 e. The fourth-order valence-electron chi connectivity index (χ4n) is 12.7. The molecule has 29 heteroatoms. The molecule has 2 aromatic heterocycles. The Hall–Kier alpha value is -7.41. The maximum absolute atomic E-state index is 13.1. The predicted molar refractivity (Wildman–Crippen MR) is 386 cm³/mol. The molecule has 0 saturated carbocycles. The van der Waals surface area contributed by atoms with Gasteiger partial charge < -0.3 is 78.7 Å². The Labute approximate surface area is 608 Å². The van der Waals surface area contributed by atoms with Crippen molar-refractivity contribution in [1.82, 2.24) is 50.4 Å². The molecule has 3 aromatic carbocycles. The summed E-state index contributed by atoms with van der Waals surface area (Å²) in [7, 11) is 0. The van der Waals surface area contributed by atoms with Gasteiger partial charge in [0.05, 0.1) is 38.6 Å². The van der Waals surface area contributed by atoms with E-state index in [1.165, 1.54) is 6.07 Å². The molecule has 0 spiro atoms.